The van der Waals surface area contributed by atoms with E-state index in [4.69, 9.17) is 0 Å². The summed E-state index contributed by atoms with van der Waals surface area (Å²) in [6.07, 6.45) is 9.73. The topological polar surface area (TPSA) is 42.7 Å². The van der Waals surface area contributed by atoms with Crippen molar-refractivity contribution in [3.8, 4) is 5.69 Å². The van der Waals surface area contributed by atoms with Crippen LogP contribution in [-0.2, 0) is 0 Å². The number of rotatable bonds is 8. The van der Waals surface area contributed by atoms with Crippen LogP contribution in [0.4, 0.5) is 5.69 Å². The third kappa shape index (κ3) is 4.08. The van der Waals surface area contributed by atoms with Crippen LogP contribution in [0.3, 0.4) is 0 Å². The van der Waals surface area contributed by atoms with Gasteiger partial charge < -0.3 is 5.32 Å². The summed E-state index contributed by atoms with van der Waals surface area (Å²) in [4.78, 5) is 4.01. The van der Waals surface area contributed by atoms with E-state index >= 15 is 0 Å². The summed E-state index contributed by atoms with van der Waals surface area (Å²) in [5, 5.41) is 7.79. The van der Waals surface area contributed by atoms with Crippen LogP contribution in [-0.4, -0.2) is 20.8 Å². The number of anilines is 1. The molecule has 4 heteroatoms. The number of para-hydroxylation sites is 2. The molecule has 1 atom stereocenters. The van der Waals surface area contributed by atoms with Gasteiger partial charge in [0, 0.05) is 6.04 Å². The van der Waals surface area contributed by atoms with Crippen molar-refractivity contribution in [2.75, 3.05) is 5.32 Å². The van der Waals surface area contributed by atoms with Crippen LogP contribution >= 0.6 is 0 Å². The maximum absolute atomic E-state index is 4.21. The zero-order valence-electron chi connectivity index (χ0n) is 12.4. The zero-order valence-corrected chi connectivity index (χ0v) is 12.4. The Balaban J connectivity index is 1.95. The molecule has 0 saturated carbocycles. The van der Waals surface area contributed by atoms with Gasteiger partial charge in [-0.1, -0.05) is 44.7 Å². The lowest BCUT2D eigenvalue weighted by molar-refractivity contribution is 0.593. The fraction of sp³-hybridized carbons (Fsp3) is 0.500. The molecule has 0 amide bonds. The van der Waals surface area contributed by atoms with E-state index < -0.39 is 0 Å². The van der Waals surface area contributed by atoms with E-state index in [1.54, 1.807) is 17.3 Å². The van der Waals surface area contributed by atoms with Gasteiger partial charge in [-0.15, -0.1) is 0 Å². The maximum atomic E-state index is 4.21. The summed E-state index contributed by atoms with van der Waals surface area (Å²) in [7, 11) is 0. The molecule has 0 aliphatic heterocycles. The molecule has 0 fully saturated rings. The number of hydrogen-bond donors (Lipinski definition) is 1. The van der Waals surface area contributed by atoms with Crippen LogP contribution in [0.1, 0.15) is 46.0 Å². The molecule has 4 nitrogen and oxygen atoms in total. The highest BCUT2D eigenvalue weighted by Crippen LogP contribution is 2.20. The first-order valence-corrected chi connectivity index (χ1v) is 7.52. The molecule has 0 radical (unpaired) electrons. The Morgan fingerprint density at radius 2 is 2.05 bits per heavy atom. The van der Waals surface area contributed by atoms with Crippen molar-refractivity contribution < 1.29 is 0 Å². The summed E-state index contributed by atoms with van der Waals surface area (Å²) < 4.78 is 1.80. The molecule has 20 heavy (non-hydrogen) atoms. The summed E-state index contributed by atoms with van der Waals surface area (Å²) in [6.45, 7) is 4.49. The van der Waals surface area contributed by atoms with Crippen LogP contribution in [0.2, 0.25) is 0 Å². The lowest BCUT2D eigenvalue weighted by Gasteiger charge is -2.17. The van der Waals surface area contributed by atoms with E-state index in [1.807, 2.05) is 12.1 Å². The van der Waals surface area contributed by atoms with Crippen LogP contribution in [0, 0.1) is 0 Å². The average Bonchev–Trinajstić information content (AvgIpc) is 2.98. The third-order valence-electron chi connectivity index (χ3n) is 3.46. The highest BCUT2D eigenvalue weighted by Gasteiger charge is 2.07. The first-order chi connectivity index (χ1) is 9.81. The highest BCUT2D eigenvalue weighted by atomic mass is 15.3. The largest absolute Gasteiger partial charge is 0.381 e. The number of benzene rings is 1. The quantitative estimate of drug-likeness (QED) is 0.737. The molecule has 2 rings (SSSR count). The highest BCUT2D eigenvalue weighted by molar-refractivity contribution is 5.60. The second-order valence-corrected chi connectivity index (χ2v) is 5.25. The molecule has 0 aliphatic carbocycles. The minimum atomic E-state index is 0.469. The SMILES string of the molecule is CCCCCCC(C)Nc1ccccc1-n1cncn1. The van der Waals surface area contributed by atoms with E-state index in [9.17, 15) is 0 Å². The Morgan fingerprint density at radius 1 is 1.20 bits per heavy atom. The smallest absolute Gasteiger partial charge is 0.138 e. The van der Waals surface area contributed by atoms with Gasteiger partial charge in [0.15, 0.2) is 0 Å². The summed E-state index contributed by atoms with van der Waals surface area (Å²) >= 11 is 0. The lowest BCUT2D eigenvalue weighted by Crippen LogP contribution is -2.16. The molecule has 0 saturated heterocycles. The van der Waals surface area contributed by atoms with Gasteiger partial charge in [-0.05, 0) is 25.5 Å². The Morgan fingerprint density at radius 3 is 2.80 bits per heavy atom. The van der Waals surface area contributed by atoms with Crippen molar-refractivity contribution in [2.24, 2.45) is 0 Å². The normalized spacial score (nSPS) is 12.3. The number of nitrogens with one attached hydrogen (secondary N) is 1. The Labute approximate surface area is 121 Å². The summed E-state index contributed by atoms with van der Waals surface area (Å²) in [5.41, 5.74) is 2.16. The standard InChI is InChI=1S/C16H24N4/c1-3-4-5-6-9-14(2)19-15-10-7-8-11-16(15)20-13-17-12-18-20/h7-8,10-14,19H,3-6,9H2,1-2H3. The van der Waals surface area contributed by atoms with E-state index in [0.29, 0.717) is 6.04 Å². The van der Waals surface area contributed by atoms with Crippen LogP contribution in [0.25, 0.3) is 5.69 Å². The van der Waals surface area contributed by atoms with Gasteiger partial charge in [0.05, 0.1) is 11.4 Å². The molecule has 1 aromatic heterocycles. The van der Waals surface area contributed by atoms with E-state index in [1.165, 1.54) is 32.1 Å². The molecule has 1 heterocycles. The van der Waals surface area contributed by atoms with Gasteiger partial charge in [0.2, 0.25) is 0 Å². The first kappa shape index (κ1) is 14.6. The predicted molar refractivity (Wildman–Crippen MR) is 83.2 cm³/mol. The van der Waals surface area contributed by atoms with Crippen molar-refractivity contribution >= 4 is 5.69 Å². The molecule has 0 spiro atoms. The van der Waals surface area contributed by atoms with Crippen molar-refractivity contribution in [1.82, 2.24) is 14.8 Å². The molecule has 1 unspecified atom stereocenters. The van der Waals surface area contributed by atoms with Crippen molar-refractivity contribution in [3.05, 3.63) is 36.9 Å². The number of hydrogen-bond acceptors (Lipinski definition) is 3. The van der Waals surface area contributed by atoms with E-state index in [-0.39, 0.29) is 0 Å². The number of nitrogens with zero attached hydrogens (tertiary/aromatic N) is 3. The van der Waals surface area contributed by atoms with Gasteiger partial charge in [0.25, 0.3) is 0 Å². The minimum Gasteiger partial charge on any atom is -0.381 e. The lowest BCUT2D eigenvalue weighted by atomic mass is 10.1. The predicted octanol–water partition coefficient (Wildman–Crippen LogP) is 4.04. The fourth-order valence-electron chi connectivity index (χ4n) is 2.34. The van der Waals surface area contributed by atoms with Gasteiger partial charge in [-0.25, -0.2) is 9.67 Å². The second kappa shape index (κ2) is 7.68. The third-order valence-corrected chi connectivity index (χ3v) is 3.46. The van der Waals surface area contributed by atoms with Crippen LogP contribution in [0.5, 0.6) is 0 Å². The molecule has 108 valence electrons. The van der Waals surface area contributed by atoms with Crippen LogP contribution < -0.4 is 5.32 Å². The molecular weight excluding hydrogens is 248 g/mol. The molecule has 2 aromatic rings. The first-order valence-electron chi connectivity index (χ1n) is 7.52. The second-order valence-electron chi connectivity index (χ2n) is 5.25. The average molecular weight is 272 g/mol. The number of aromatic nitrogens is 3. The molecule has 1 N–H and O–H groups in total. The number of unbranched alkanes of at least 4 members (excludes halogenated alkanes) is 3. The van der Waals surface area contributed by atoms with Gasteiger partial charge in [-0.2, -0.15) is 5.10 Å². The Kier molecular flexibility index (Phi) is 5.59. The maximum Gasteiger partial charge on any atom is 0.138 e. The molecule has 0 aliphatic rings. The monoisotopic (exact) mass is 272 g/mol. The molecular formula is C16H24N4. The minimum absolute atomic E-state index is 0.469. The van der Waals surface area contributed by atoms with Crippen LogP contribution in [0.15, 0.2) is 36.9 Å². The summed E-state index contributed by atoms with van der Waals surface area (Å²) in [6, 6.07) is 8.69. The molecule has 0 bridgehead atoms. The van der Waals surface area contributed by atoms with Crippen molar-refractivity contribution in [3.63, 3.8) is 0 Å². The van der Waals surface area contributed by atoms with E-state index in [0.717, 1.165) is 11.4 Å². The van der Waals surface area contributed by atoms with Gasteiger partial charge in [-0.3, -0.25) is 0 Å². The van der Waals surface area contributed by atoms with Crippen molar-refractivity contribution in [1.29, 1.82) is 0 Å². The van der Waals surface area contributed by atoms with Gasteiger partial charge in [0.1, 0.15) is 12.7 Å². The summed E-state index contributed by atoms with van der Waals surface area (Å²) in [5.74, 6) is 0. The zero-order chi connectivity index (χ0) is 14.2. The van der Waals surface area contributed by atoms with E-state index in [2.05, 4.69) is 41.4 Å². The fourth-order valence-corrected chi connectivity index (χ4v) is 2.34. The van der Waals surface area contributed by atoms with Crippen molar-refractivity contribution in [2.45, 2.75) is 52.0 Å². The Hall–Kier alpha value is -1.84. The Bertz CT molecular complexity index is 493. The molecule has 1 aromatic carbocycles. The van der Waals surface area contributed by atoms with Gasteiger partial charge >= 0.3 is 0 Å².